The lowest BCUT2D eigenvalue weighted by molar-refractivity contribution is -0.152. The fourth-order valence-corrected chi connectivity index (χ4v) is 7.27. The van der Waals surface area contributed by atoms with Crippen LogP contribution in [0.4, 0.5) is 0 Å². The smallest absolute Gasteiger partial charge is 0.139 e. The maximum absolute atomic E-state index is 12.6. The van der Waals surface area contributed by atoms with Crippen molar-refractivity contribution < 1.29 is 9.59 Å². The molecule has 0 aromatic heterocycles. The van der Waals surface area contributed by atoms with Gasteiger partial charge in [0.15, 0.2) is 0 Å². The molecule has 0 saturated heterocycles. The van der Waals surface area contributed by atoms with E-state index in [9.17, 15) is 9.59 Å². The highest BCUT2D eigenvalue weighted by Gasteiger charge is 2.58. The van der Waals surface area contributed by atoms with Gasteiger partial charge in [-0.3, -0.25) is 9.59 Å². The molecule has 23 heavy (non-hydrogen) atoms. The van der Waals surface area contributed by atoms with Gasteiger partial charge in [-0.15, -0.1) is 0 Å². The Balaban J connectivity index is 1.65. The highest BCUT2D eigenvalue weighted by molar-refractivity contribution is 5.85. The zero-order chi connectivity index (χ0) is 16.2. The Labute approximate surface area is 140 Å². The average Bonchev–Trinajstić information content (AvgIpc) is 2.66. The average molecular weight is 316 g/mol. The number of carbonyl (C=O) groups excluding carboxylic acids is 2. The second-order valence-electron chi connectivity index (χ2n) is 9.52. The second kappa shape index (κ2) is 5.43. The van der Waals surface area contributed by atoms with Gasteiger partial charge in [0.2, 0.25) is 0 Å². The predicted molar refractivity (Wildman–Crippen MR) is 91.0 cm³/mol. The summed E-state index contributed by atoms with van der Waals surface area (Å²) in [5.41, 5.74) is 0.333. The van der Waals surface area contributed by atoms with E-state index in [1.807, 2.05) is 0 Å². The van der Waals surface area contributed by atoms with Gasteiger partial charge in [0.25, 0.3) is 0 Å². The van der Waals surface area contributed by atoms with Crippen molar-refractivity contribution in [3.05, 3.63) is 0 Å². The van der Waals surface area contributed by atoms with Crippen molar-refractivity contribution in [2.75, 3.05) is 0 Å². The third kappa shape index (κ3) is 2.27. The molecule has 0 spiro atoms. The van der Waals surface area contributed by atoms with Gasteiger partial charge in [-0.25, -0.2) is 0 Å². The lowest BCUT2D eigenvalue weighted by Crippen LogP contribution is -2.55. The first-order valence-corrected chi connectivity index (χ1v) is 10.00. The molecule has 0 aromatic rings. The zero-order valence-electron chi connectivity index (χ0n) is 14.9. The molecule has 0 radical (unpaired) electrons. The lowest BCUT2D eigenvalue weighted by Gasteiger charge is -2.60. The van der Waals surface area contributed by atoms with Gasteiger partial charge in [-0.1, -0.05) is 13.8 Å². The predicted octanol–water partition coefficient (Wildman–Crippen LogP) is 4.95. The van der Waals surface area contributed by atoms with E-state index in [0.29, 0.717) is 28.8 Å². The molecule has 0 amide bonds. The highest BCUT2D eigenvalue weighted by Crippen LogP contribution is 2.64. The first-order valence-electron chi connectivity index (χ1n) is 10.00. The van der Waals surface area contributed by atoms with Gasteiger partial charge in [0.05, 0.1) is 0 Å². The number of hydrogen-bond acceptors (Lipinski definition) is 2. The Bertz CT molecular complexity index is 524. The molecule has 128 valence electrons. The van der Waals surface area contributed by atoms with Crippen LogP contribution in [-0.2, 0) is 9.59 Å². The first kappa shape index (κ1) is 15.8. The van der Waals surface area contributed by atoms with E-state index >= 15 is 0 Å². The van der Waals surface area contributed by atoms with E-state index in [2.05, 4.69) is 13.8 Å². The molecule has 0 bridgehead atoms. The maximum Gasteiger partial charge on any atom is 0.139 e. The van der Waals surface area contributed by atoms with E-state index in [4.69, 9.17) is 0 Å². The van der Waals surface area contributed by atoms with Crippen molar-refractivity contribution in [3.8, 4) is 0 Å². The minimum atomic E-state index is -0.0246. The molecule has 0 unspecified atom stereocenters. The third-order valence-electron chi connectivity index (χ3n) is 8.66. The number of ketones is 2. The number of rotatable bonds is 0. The summed E-state index contributed by atoms with van der Waals surface area (Å²) in [6, 6.07) is 0. The van der Waals surface area contributed by atoms with Gasteiger partial charge < -0.3 is 0 Å². The van der Waals surface area contributed by atoms with Crippen LogP contribution in [-0.4, -0.2) is 11.6 Å². The summed E-state index contributed by atoms with van der Waals surface area (Å²) >= 11 is 0. The summed E-state index contributed by atoms with van der Waals surface area (Å²) in [5, 5.41) is 0. The Hall–Kier alpha value is -0.660. The van der Waals surface area contributed by atoms with Crippen molar-refractivity contribution in [2.24, 2.45) is 34.5 Å². The summed E-state index contributed by atoms with van der Waals surface area (Å²) in [7, 11) is 0. The molecule has 0 N–H and O–H groups in total. The van der Waals surface area contributed by atoms with Gasteiger partial charge in [-0.05, 0) is 80.5 Å². The molecular weight excluding hydrogens is 284 g/mol. The van der Waals surface area contributed by atoms with E-state index in [1.165, 1.54) is 32.1 Å². The second-order valence-corrected chi connectivity index (χ2v) is 9.52. The fraction of sp³-hybridized carbons (Fsp3) is 0.905. The fourth-order valence-electron chi connectivity index (χ4n) is 7.27. The van der Waals surface area contributed by atoms with Crippen LogP contribution in [0.3, 0.4) is 0 Å². The molecule has 0 heterocycles. The molecule has 4 saturated carbocycles. The van der Waals surface area contributed by atoms with Crippen LogP contribution in [0.1, 0.15) is 84.5 Å². The SMILES string of the molecule is C[C@]12CCCC(=O)C[C@@H]1CC[C@@H]1[C@@H]2CC[C@]2(C)C(=O)CCC[C@@H]12. The van der Waals surface area contributed by atoms with E-state index < -0.39 is 0 Å². The minimum Gasteiger partial charge on any atom is -0.300 e. The van der Waals surface area contributed by atoms with Gasteiger partial charge in [0, 0.05) is 24.7 Å². The zero-order valence-corrected chi connectivity index (χ0v) is 14.9. The standard InChI is InChI=1S/C21H32O2/c1-20-11-4-5-15(22)13-14(20)8-9-16-17-6-3-7-19(23)21(17,2)12-10-18(16)20/h14,16-18H,3-13H2,1-2H3/t14-,16-,17-,18-,20-,21-/m0/s1. The van der Waals surface area contributed by atoms with Crippen LogP contribution >= 0.6 is 0 Å². The maximum atomic E-state index is 12.6. The number of carbonyl (C=O) groups is 2. The lowest BCUT2D eigenvalue weighted by atomic mass is 9.44. The van der Waals surface area contributed by atoms with Crippen molar-refractivity contribution in [3.63, 3.8) is 0 Å². The summed E-state index contributed by atoms with van der Waals surface area (Å²) in [5.74, 6) is 3.80. The van der Waals surface area contributed by atoms with Crippen molar-refractivity contribution in [1.29, 1.82) is 0 Å². The number of hydrogen-bond donors (Lipinski definition) is 0. The van der Waals surface area contributed by atoms with E-state index in [0.717, 1.165) is 50.4 Å². The topological polar surface area (TPSA) is 34.1 Å². The van der Waals surface area contributed by atoms with E-state index in [1.54, 1.807) is 0 Å². The third-order valence-corrected chi connectivity index (χ3v) is 8.66. The molecule has 2 nitrogen and oxygen atoms in total. The van der Waals surface area contributed by atoms with Gasteiger partial charge in [0.1, 0.15) is 11.6 Å². The van der Waals surface area contributed by atoms with Crippen LogP contribution in [0.25, 0.3) is 0 Å². The summed E-state index contributed by atoms with van der Waals surface area (Å²) in [4.78, 5) is 24.8. The molecule has 4 fully saturated rings. The van der Waals surface area contributed by atoms with Crippen LogP contribution < -0.4 is 0 Å². The number of Topliss-reactive ketones (excluding diaryl/α,β-unsaturated/α-hetero) is 2. The monoisotopic (exact) mass is 316 g/mol. The van der Waals surface area contributed by atoms with Crippen molar-refractivity contribution in [1.82, 2.24) is 0 Å². The molecule has 2 heteroatoms. The van der Waals surface area contributed by atoms with Crippen LogP contribution in [0.2, 0.25) is 0 Å². The Morgan fingerprint density at radius 1 is 0.870 bits per heavy atom. The Morgan fingerprint density at radius 3 is 2.52 bits per heavy atom. The largest absolute Gasteiger partial charge is 0.300 e. The quantitative estimate of drug-likeness (QED) is 0.634. The van der Waals surface area contributed by atoms with E-state index in [-0.39, 0.29) is 5.41 Å². The van der Waals surface area contributed by atoms with Crippen molar-refractivity contribution >= 4 is 11.6 Å². The normalized spacial score (nSPS) is 50.5. The molecular formula is C21H32O2. The molecule has 4 aliphatic carbocycles. The van der Waals surface area contributed by atoms with Crippen LogP contribution in [0.5, 0.6) is 0 Å². The Kier molecular flexibility index (Phi) is 3.74. The molecule has 6 atom stereocenters. The minimum absolute atomic E-state index is 0.0246. The van der Waals surface area contributed by atoms with Crippen LogP contribution in [0, 0.1) is 34.5 Å². The summed E-state index contributed by atoms with van der Waals surface area (Å²) in [6.07, 6.45) is 12.0. The van der Waals surface area contributed by atoms with Gasteiger partial charge in [-0.2, -0.15) is 0 Å². The molecule has 4 rings (SSSR count). The number of fused-ring (bicyclic) bond motifs is 5. The summed E-state index contributed by atoms with van der Waals surface area (Å²) < 4.78 is 0. The van der Waals surface area contributed by atoms with Gasteiger partial charge >= 0.3 is 0 Å². The highest BCUT2D eigenvalue weighted by atomic mass is 16.1. The van der Waals surface area contributed by atoms with Crippen LogP contribution in [0.15, 0.2) is 0 Å². The van der Waals surface area contributed by atoms with Crippen molar-refractivity contribution in [2.45, 2.75) is 84.5 Å². The molecule has 0 aromatic carbocycles. The molecule has 4 aliphatic rings. The first-order chi connectivity index (χ1) is 10.9. The Morgan fingerprint density at radius 2 is 1.70 bits per heavy atom. The summed E-state index contributed by atoms with van der Waals surface area (Å²) in [6.45, 7) is 4.78. The molecule has 0 aliphatic heterocycles.